The van der Waals surface area contributed by atoms with Gasteiger partial charge in [0.05, 0.1) is 0 Å². The summed E-state index contributed by atoms with van der Waals surface area (Å²) in [6, 6.07) is 78.4. The molecule has 280 valence electrons. The molecule has 0 saturated heterocycles. The van der Waals surface area contributed by atoms with Gasteiger partial charge < -0.3 is 4.90 Å². The molecule has 0 atom stereocenters. The molecule has 0 N–H and O–H groups in total. The molecule has 1 aliphatic carbocycles. The Labute approximate surface area is 360 Å². The minimum absolute atomic E-state index is 0.177. The Morgan fingerprint density at radius 2 is 0.967 bits per heavy atom. The summed E-state index contributed by atoms with van der Waals surface area (Å²) in [5, 5.41) is 5.65. The van der Waals surface area contributed by atoms with E-state index in [1.165, 1.54) is 107 Å². The molecule has 4 aliphatic rings. The van der Waals surface area contributed by atoms with Gasteiger partial charge in [-0.3, -0.25) is 0 Å². The Hall–Kier alpha value is -6.24. The molecule has 0 fully saturated rings. The van der Waals surface area contributed by atoms with Crippen molar-refractivity contribution in [2.45, 2.75) is 26.0 Å². The highest BCUT2D eigenvalue weighted by molar-refractivity contribution is 8.01. The maximum Gasteiger partial charge on any atom is 0.247 e. The van der Waals surface area contributed by atoms with E-state index in [0.717, 1.165) is 6.42 Å². The van der Waals surface area contributed by atoms with Crippen LogP contribution < -0.4 is 42.0 Å². The number of anilines is 3. The largest absolute Gasteiger partial charge is 0.311 e. The van der Waals surface area contributed by atoms with E-state index in [-0.39, 0.29) is 6.71 Å². The molecule has 0 amide bonds. The van der Waals surface area contributed by atoms with Crippen molar-refractivity contribution in [2.75, 3.05) is 4.90 Å². The standard InChI is InChI=1S/C55H36BNS2Si/c1-3-16-41(17-4-1)60(42-18-5-2-6-19-42)53-25-13-10-22-47(53)57(48-23-11-14-26-54(48)60)40-34-51-55-52(35-40)59-50-33-37(29-30-46(50)56(55)45-21-9-12-24-49(45)58-51)36-27-28-39-31-38-15-7-8-20-43(38)44(39)32-36/h1-30,32-35H,31H2. The average molecular weight is 814 g/mol. The highest BCUT2D eigenvalue weighted by Crippen LogP contribution is 2.46. The molecule has 60 heavy (non-hydrogen) atoms. The lowest BCUT2D eigenvalue weighted by atomic mass is 9.36. The van der Waals surface area contributed by atoms with Crippen LogP contribution in [0.2, 0.25) is 0 Å². The van der Waals surface area contributed by atoms with Gasteiger partial charge in [-0.05, 0) is 108 Å². The van der Waals surface area contributed by atoms with Crippen LogP contribution in [0, 0.1) is 0 Å². The van der Waals surface area contributed by atoms with Crippen LogP contribution in [0.15, 0.2) is 226 Å². The Balaban J connectivity index is 0.999. The van der Waals surface area contributed by atoms with Crippen LogP contribution in [0.3, 0.4) is 0 Å². The van der Waals surface area contributed by atoms with Gasteiger partial charge in [-0.15, -0.1) is 0 Å². The van der Waals surface area contributed by atoms with Gasteiger partial charge in [-0.1, -0.05) is 198 Å². The zero-order chi connectivity index (χ0) is 39.4. The van der Waals surface area contributed by atoms with E-state index in [2.05, 4.69) is 211 Å². The van der Waals surface area contributed by atoms with Gasteiger partial charge in [0.25, 0.3) is 0 Å². The van der Waals surface area contributed by atoms with E-state index >= 15 is 0 Å². The third-order valence-electron chi connectivity index (χ3n) is 13.3. The summed E-state index contributed by atoms with van der Waals surface area (Å²) in [6.07, 6.45) is 1.01. The van der Waals surface area contributed by atoms with E-state index in [9.17, 15) is 0 Å². The average Bonchev–Trinajstić information content (AvgIpc) is 3.69. The topological polar surface area (TPSA) is 3.24 Å². The second-order valence-corrected chi connectivity index (χ2v) is 22.2. The van der Waals surface area contributed by atoms with Crippen LogP contribution in [-0.2, 0) is 6.42 Å². The molecule has 1 nitrogen and oxygen atoms in total. The van der Waals surface area contributed by atoms with Crippen molar-refractivity contribution in [2.24, 2.45) is 0 Å². The molecule has 0 unspecified atom stereocenters. The lowest BCUT2D eigenvalue weighted by Gasteiger charge is -2.45. The Kier molecular flexibility index (Phi) is 7.72. The minimum Gasteiger partial charge on any atom is -0.311 e. The van der Waals surface area contributed by atoms with E-state index in [0.29, 0.717) is 0 Å². The quantitative estimate of drug-likeness (QED) is 0.163. The normalized spacial score (nSPS) is 14.5. The number of fused-ring (bicyclic) bond motifs is 9. The summed E-state index contributed by atoms with van der Waals surface area (Å²) >= 11 is 3.88. The molecule has 5 heteroatoms. The first-order valence-corrected chi connectivity index (χ1v) is 24.5. The van der Waals surface area contributed by atoms with Crippen molar-refractivity contribution in [3.8, 4) is 22.3 Å². The third-order valence-corrected chi connectivity index (χ3v) is 20.4. The molecule has 3 aliphatic heterocycles. The minimum atomic E-state index is -2.71. The molecule has 9 aromatic carbocycles. The monoisotopic (exact) mass is 813 g/mol. The predicted octanol–water partition coefficient (Wildman–Crippen LogP) is 9.53. The number of hydrogen-bond donors (Lipinski definition) is 0. The van der Waals surface area contributed by atoms with Gasteiger partial charge in [0.15, 0.2) is 8.07 Å². The SMILES string of the molecule is c1ccc([Si]2(c3ccccc3)c3ccccc3N(c3cc4c5c(c3)Sc3cc(-c6ccc7c(c6)-c6ccccc6C7)ccc3B5c3ccccc3S4)c3ccccc32)cc1. The summed E-state index contributed by atoms with van der Waals surface area (Å²) in [7, 11) is -2.71. The number of para-hydroxylation sites is 2. The van der Waals surface area contributed by atoms with Crippen LogP contribution in [0.1, 0.15) is 11.1 Å². The van der Waals surface area contributed by atoms with Crippen molar-refractivity contribution in [1.82, 2.24) is 0 Å². The summed E-state index contributed by atoms with van der Waals surface area (Å²) in [5.41, 5.74) is 16.1. The van der Waals surface area contributed by atoms with E-state index in [4.69, 9.17) is 0 Å². The highest BCUT2D eigenvalue weighted by Gasteiger charge is 2.49. The molecule has 0 radical (unpaired) electrons. The van der Waals surface area contributed by atoms with Gasteiger partial charge in [-0.2, -0.15) is 0 Å². The van der Waals surface area contributed by atoms with Crippen LogP contribution in [0.5, 0.6) is 0 Å². The van der Waals surface area contributed by atoms with Crippen molar-refractivity contribution >= 4 is 92.5 Å². The van der Waals surface area contributed by atoms with Crippen molar-refractivity contribution in [3.63, 3.8) is 0 Å². The summed E-state index contributed by atoms with van der Waals surface area (Å²) in [5.74, 6) is 0. The maximum atomic E-state index is 2.57. The van der Waals surface area contributed by atoms with Crippen LogP contribution in [0.25, 0.3) is 22.3 Å². The fourth-order valence-corrected chi connectivity index (χ4v) is 18.3. The molecule has 13 rings (SSSR count). The van der Waals surface area contributed by atoms with Gasteiger partial charge in [0, 0.05) is 36.6 Å². The Bertz CT molecular complexity index is 3130. The lowest BCUT2D eigenvalue weighted by Crippen LogP contribution is -2.77. The van der Waals surface area contributed by atoms with Gasteiger partial charge >= 0.3 is 0 Å². The summed E-state index contributed by atoms with van der Waals surface area (Å²) < 4.78 is 0. The van der Waals surface area contributed by atoms with E-state index in [1.54, 1.807) is 0 Å². The smallest absolute Gasteiger partial charge is 0.247 e. The van der Waals surface area contributed by atoms with Crippen LogP contribution in [0.4, 0.5) is 17.1 Å². The molecule has 0 saturated carbocycles. The highest BCUT2D eigenvalue weighted by atomic mass is 32.2. The molecular formula is C55H36BNS2Si. The second-order valence-electron chi connectivity index (χ2n) is 16.3. The molecule has 9 aromatic rings. The predicted molar refractivity (Wildman–Crippen MR) is 258 cm³/mol. The van der Waals surface area contributed by atoms with Gasteiger partial charge in [-0.25, -0.2) is 0 Å². The molecule has 0 aromatic heterocycles. The van der Waals surface area contributed by atoms with Gasteiger partial charge in [0.2, 0.25) is 6.71 Å². The zero-order valence-corrected chi connectivity index (χ0v) is 35.3. The lowest BCUT2D eigenvalue weighted by molar-refractivity contribution is 1.24. The fraction of sp³-hybridized carbons (Fsp3) is 0.0182. The van der Waals surface area contributed by atoms with E-state index < -0.39 is 8.07 Å². The first-order chi connectivity index (χ1) is 29.7. The Morgan fingerprint density at radius 1 is 0.417 bits per heavy atom. The van der Waals surface area contributed by atoms with Gasteiger partial charge in [0.1, 0.15) is 0 Å². The van der Waals surface area contributed by atoms with Crippen molar-refractivity contribution in [1.29, 1.82) is 0 Å². The number of nitrogens with zero attached hydrogens (tertiary/aromatic N) is 1. The zero-order valence-electron chi connectivity index (χ0n) is 32.7. The Morgan fingerprint density at radius 3 is 1.70 bits per heavy atom. The first kappa shape index (κ1) is 34.6. The van der Waals surface area contributed by atoms with Crippen molar-refractivity contribution in [3.05, 3.63) is 217 Å². The molecule has 0 spiro atoms. The maximum absolute atomic E-state index is 2.71. The molecule has 0 bridgehead atoms. The number of hydrogen-bond acceptors (Lipinski definition) is 3. The van der Waals surface area contributed by atoms with Crippen molar-refractivity contribution < 1.29 is 0 Å². The molecular weight excluding hydrogens is 778 g/mol. The fourth-order valence-electron chi connectivity index (χ4n) is 10.7. The molecule has 3 heterocycles. The number of rotatable bonds is 4. The first-order valence-electron chi connectivity index (χ1n) is 20.8. The van der Waals surface area contributed by atoms with Crippen LogP contribution >= 0.6 is 23.5 Å². The third kappa shape index (κ3) is 4.97. The number of benzene rings is 9. The summed E-state index contributed by atoms with van der Waals surface area (Å²) in [6.45, 7) is 0.177. The van der Waals surface area contributed by atoms with E-state index in [1.807, 2.05) is 23.5 Å². The summed E-state index contributed by atoms with van der Waals surface area (Å²) in [4.78, 5) is 7.95. The second kappa shape index (κ2) is 13.4. The van der Waals surface area contributed by atoms with Crippen LogP contribution in [-0.4, -0.2) is 14.8 Å².